The van der Waals surface area contributed by atoms with Gasteiger partial charge in [0.2, 0.25) is 0 Å². The summed E-state index contributed by atoms with van der Waals surface area (Å²) in [6.45, 7) is 0. The largest absolute Gasteiger partial charge is 0.381 e. The zero-order chi connectivity index (χ0) is 10.7. The van der Waals surface area contributed by atoms with Crippen LogP contribution in [-0.2, 0) is 0 Å². The first-order valence-corrected chi connectivity index (χ1v) is 6.31. The molecular weight excluding hydrogens is 252 g/mol. The Morgan fingerprint density at radius 3 is 2.47 bits per heavy atom. The molecule has 1 saturated carbocycles. The molecule has 1 aromatic rings. The van der Waals surface area contributed by atoms with Crippen molar-refractivity contribution in [2.24, 2.45) is 5.73 Å². The van der Waals surface area contributed by atoms with Gasteiger partial charge < -0.3 is 11.1 Å². The van der Waals surface area contributed by atoms with Crippen LogP contribution in [0.5, 0.6) is 0 Å². The van der Waals surface area contributed by atoms with Gasteiger partial charge in [-0.25, -0.2) is 0 Å². The van der Waals surface area contributed by atoms with E-state index in [1.165, 1.54) is 18.5 Å². The Hall–Kier alpha value is -0.540. The summed E-state index contributed by atoms with van der Waals surface area (Å²) in [6, 6.07) is 9.27. The number of nitrogens with two attached hydrogens (primary N) is 1. The Morgan fingerprint density at radius 1 is 1.13 bits per heavy atom. The van der Waals surface area contributed by atoms with E-state index < -0.39 is 0 Å². The van der Waals surface area contributed by atoms with Crippen LogP contribution in [0.15, 0.2) is 28.7 Å². The first-order valence-electron chi connectivity index (χ1n) is 5.52. The van der Waals surface area contributed by atoms with Crippen LogP contribution in [0.2, 0.25) is 0 Å². The second kappa shape index (κ2) is 4.99. The number of hydrogen-bond donors (Lipinski definition) is 2. The number of hydrogen-bond acceptors (Lipinski definition) is 2. The van der Waals surface area contributed by atoms with Gasteiger partial charge in [0, 0.05) is 22.2 Å². The molecule has 3 heteroatoms. The average Bonchev–Trinajstić information content (AvgIpc) is 2.25. The number of halogens is 1. The van der Waals surface area contributed by atoms with E-state index in [-0.39, 0.29) is 0 Å². The molecule has 0 saturated heterocycles. The number of benzene rings is 1. The van der Waals surface area contributed by atoms with Crippen LogP contribution in [-0.4, -0.2) is 12.1 Å². The maximum atomic E-state index is 5.88. The van der Waals surface area contributed by atoms with Crippen molar-refractivity contribution in [1.29, 1.82) is 0 Å². The van der Waals surface area contributed by atoms with Crippen molar-refractivity contribution in [3.63, 3.8) is 0 Å². The minimum atomic E-state index is 0.419. The van der Waals surface area contributed by atoms with Crippen LogP contribution in [0.4, 0.5) is 5.69 Å². The molecule has 1 aliphatic carbocycles. The molecule has 1 fully saturated rings. The highest BCUT2D eigenvalue weighted by Gasteiger charge is 2.18. The number of anilines is 1. The Morgan fingerprint density at radius 2 is 1.80 bits per heavy atom. The molecule has 0 heterocycles. The monoisotopic (exact) mass is 268 g/mol. The van der Waals surface area contributed by atoms with Gasteiger partial charge in [-0.05, 0) is 53.7 Å². The Bertz CT molecular complexity index is 319. The Kier molecular flexibility index (Phi) is 3.65. The van der Waals surface area contributed by atoms with Crippen LogP contribution in [0.25, 0.3) is 0 Å². The summed E-state index contributed by atoms with van der Waals surface area (Å²) < 4.78 is 1.14. The molecule has 0 aromatic heterocycles. The van der Waals surface area contributed by atoms with E-state index in [9.17, 15) is 0 Å². The lowest BCUT2D eigenvalue weighted by atomic mass is 9.92. The second-order valence-electron chi connectivity index (χ2n) is 4.24. The van der Waals surface area contributed by atoms with E-state index in [4.69, 9.17) is 5.73 Å². The minimum Gasteiger partial charge on any atom is -0.381 e. The third kappa shape index (κ3) is 2.95. The third-order valence-electron chi connectivity index (χ3n) is 3.01. The quantitative estimate of drug-likeness (QED) is 0.865. The van der Waals surface area contributed by atoms with Crippen molar-refractivity contribution in [1.82, 2.24) is 0 Å². The predicted octanol–water partition coefficient (Wildman–Crippen LogP) is 3.13. The molecule has 15 heavy (non-hydrogen) atoms. The van der Waals surface area contributed by atoms with E-state index in [0.29, 0.717) is 12.1 Å². The molecular formula is C12H17BrN2. The van der Waals surface area contributed by atoms with E-state index in [1.54, 1.807) is 0 Å². The molecule has 1 aliphatic rings. The summed E-state index contributed by atoms with van der Waals surface area (Å²) in [7, 11) is 0. The lowest BCUT2D eigenvalue weighted by Crippen LogP contribution is -2.32. The molecule has 3 N–H and O–H groups in total. The molecule has 0 radical (unpaired) electrons. The van der Waals surface area contributed by atoms with Crippen molar-refractivity contribution in [3.8, 4) is 0 Å². The van der Waals surface area contributed by atoms with Crippen molar-refractivity contribution in [2.75, 3.05) is 5.32 Å². The van der Waals surface area contributed by atoms with Gasteiger partial charge in [0.25, 0.3) is 0 Å². The summed E-state index contributed by atoms with van der Waals surface area (Å²) in [5, 5.41) is 3.57. The fourth-order valence-electron chi connectivity index (χ4n) is 2.06. The Labute approximate surface area is 99.4 Å². The molecule has 0 bridgehead atoms. The normalized spacial score (nSPS) is 26.3. The maximum absolute atomic E-state index is 5.88. The molecule has 1 aromatic carbocycles. The van der Waals surface area contributed by atoms with Gasteiger partial charge in [-0.1, -0.05) is 12.1 Å². The number of rotatable bonds is 2. The smallest absolute Gasteiger partial charge is 0.0486 e. The fraction of sp³-hybridized carbons (Fsp3) is 0.500. The summed E-state index contributed by atoms with van der Waals surface area (Å²) in [5.41, 5.74) is 7.08. The zero-order valence-electron chi connectivity index (χ0n) is 8.75. The van der Waals surface area contributed by atoms with Gasteiger partial charge in [0.15, 0.2) is 0 Å². The average molecular weight is 269 g/mol. The van der Waals surface area contributed by atoms with Crippen LogP contribution in [0, 0.1) is 0 Å². The maximum Gasteiger partial charge on any atom is 0.0486 e. The number of para-hydroxylation sites is 1. The van der Waals surface area contributed by atoms with Crippen molar-refractivity contribution in [2.45, 2.75) is 37.8 Å². The molecule has 82 valence electrons. The molecule has 2 rings (SSSR count). The van der Waals surface area contributed by atoms with Crippen LogP contribution < -0.4 is 11.1 Å². The predicted molar refractivity (Wildman–Crippen MR) is 68.0 cm³/mol. The third-order valence-corrected chi connectivity index (χ3v) is 3.70. The van der Waals surface area contributed by atoms with Gasteiger partial charge in [-0.3, -0.25) is 0 Å². The van der Waals surface area contributed by atoms with Gasteiger partial charge in [0.1, 0.15) is 0 Å². The van der Waals surface area contributed by atoms with Crippen molar-refractivity contribution >= 4 is 21.6 Å². The fourth-order valence-corrected chi connectivity index (χ4v) is 2.46. The van der Waals surface area contributed by atoms with Crippen LogP contribution in [0.3, 0.4) is 0 Å². The van der Waals surface area contributed by atoms with Crippen LogP contribution in [0.1, 0.15) is 25.7 Å². The minimum absolute atomic E-state index is 0.419. The molecule has 0 atom stereocenters. The van der Waals surface area contributed by atoms with Gasteiger partial charge in [-0.15, -0.1) is 0 Å². The SMILES string of the molecule is NC1CCC(Nc2ccccc2Br)CC1. The van der Waals surface area contributed by atoms with Crippen molar-refractivity contribution < 1.29 is 0 Å². The highest BCUT2D eigenvalue weighted by Crippen LogP contribution is 2.26. The zero-order valence-corrected chi connectivity index (χ0v) is 10.3. The molecule has 0 aliphatic heterocycles. The highest BCUT2D eigenvalue weighted by atomic mass is 79.9. The first kappa shape index (κ1) is 11.0. The van der Waals surface area contributed by atoms with E-state index in [1.807, 2.05) is 6.07 Å². The van der Waals surface area contributed by atoms with E-state index in [0.717, 1.165) is 17.3 Å². The lowest BCUT2D eigenvalue weighted by Gasteiger charge is -2.28. The number of nitrogens with one attached hydrogen (secondary N) is 1. The van der Waals surface area contributed by atoms with Gasteiger partial charge >= 0.3 is 0 Å². The first-order chi connectivity index (χ1) is 7.25. The standard InChI is InChI=1S/C12H17BrN2/c13-11-3-1-2-4-12(11)15-10-7-5-9(14)6-8-10/h1-4,9-10,15H,5-8,14H2. The molecule has 0 amide bonds. The molecule has 0 unspecified atom stereocenters. The van der Waals surface area contributed by atoms with Gasteiger partial charge in [0.05, 0.1) is 0 Å². The van der Waals surface area contributed by atoms with Crippen molar-refractivity contribution in [3.05, 3.63) is 28.7 Å². The molecule has 0 spiro atoms. The highest BCUT2D eigenvalue weighted by molar-refractivity contribution is 9.10. The van der Waals surface area contributed by atoms with E-state index >= 15 is 0 Å². The Balaban J connectivity index is 1.95. The lowest BCUT2D eigenvalue weighted by molar-refractivity contribution is 0.411. The van der Waals surface area contributed by atoms with E-state index in [2.05, 4.69) is 39.4 Å². The summed E-state index contributed by atoms with van der Waals surface area (Å²) >= 11 is 3.55. The van der Waals surface area contributed by atoms with Crippen LogP contribution >= 0.6 is 15.9 Å². The summed E-state index contributed by atoms with van der Waals surface area (Å²) in [4.78, 5) is 0. The second-order valence-corrected chi connectivity index (χ2v) is 5.09. The summed E-state index contributed by atoms with van der Waals surface area (Å²) in [6.07, 6.45) is 4.65. The van der Waals surface area contributed by atoms with Gasteiger partial charge in [-0.2, -0.15) is 0 Å². The summed E-state index contributed by atoms with van der Waals surface area (Å²) in [5.74, 6) is 0. The topological polar surface area (TPSA) is 38.0 Å². The molecule has 2 nitrogen and oxygen atoms in total.